The zero-order chi connectivity index (χ0) is 10.0. The number of nitriles is 1. The molecule has 0 aliphatic carbocycles. The summed E-state index contributed by atoms with van der Waals surface area (Å²) < 4.78 is 25.3. The van der Waals surface area contributed by atoms with Gasteiger partial charge >= 0.3 is 0 Å². The number of halogens is 4. The van der Waals surface area contributed by atoms with Crippen molar-refractivity contribution >= 4 is 45.2 Å². The highest BCUT2D eigenvalue weighted by atomic mass is 127. The molecule has 0 aromatic carbocycles. The van der Waals surface area contributed by atoms with E-state index in [0.29, 0.717) is 12.8 Å². The highest BCUT2D eigenvalue weighted by Gasteiger charge is 2.14. The van der Waals surface area contributed by atoms with E-state index >= 15 is 0 Å². The number of hydrogen-bond acceptors (Lipinski definition) is 2. The Morgan fingerprint density at radius 1 is 1.46 bits per heavy atom. The van der Waals surface area contributed by atoms with Crippen molar-refractivity contribution < 1.29 is 8.78 Å². The van der Waals surface area contributed by atoms with Gasteiger partial charge in [0, 0.05) is 3.57 Å². The minimum Gasteiger partial charge on any atom is -0.239 e. The smallest absolute Gasteiger partial charge is 0.239 e. The van der Waals surface area contributed by atoms with Crippen LogP contribution in [-0.4, -0.2) is 4.98 Å². The lowest BCUT2D eigenvalue weighted by atomic mass is 10.3. The Balaban J connectivity index is 3.30. The fourth-order valence-corrected chi connectivity index (χ4v) is 2.61. The lowest BCUT2D eigenvalue weighted by Gasteiger charge is -2.02. The summed E-state index contributed by atoms with van der Waals surface area (Å²) in [5.41, 5.74) is 0.0680. The molecule has 0 unspecified atom stereocenters. The second-order valence-corrected chi connectivity index (χ2v) is 4.29. The second kappa shape index (κ2) is 4.45. The molecule has 68 valence electrons. The minimum absolute atomic E-state index is 0.284. The lowest BCUT2D eigenvalue weighted by Crippen LogP contribution is -1.98. The van der Waals surface area contributed by atoms with E-state index in [4.69, 9.17) is 5.26 Å². The number of aromatic nitrogens is 1. The normalized spacial score (nSPS) is 10.2. The summed E-state index contributed by atoms with van der Waals surface area (Å²) in [4.78, 5) is 3.61. The third-order valence-corrected chi connectivity index (χ3v) is 2.91. The summed E-state index contributed by atoms with van der Waals surface area (Å²) >= 11 is 3.62. The van der Waals surface area contributed by atoms with Crippen LogP contribution in [0.25, 0.3) is 0 Å². The molecule has 13 heavy (non-hydrogen) atoms. The zero-order valence-electron chi connectivity index (χ0n) is 6.06. The standard InChI is InChI=1S/C7H2F2I2N2/c8-6(9)5-1-4(10)3(2-12)7(11)13-5/h1,6H. The van der Waals surface area contributed by atoms with Crippen LogP contribution >= 0.6 is 45.2 Å². The largest absolute Gasteiger partial charge is 0.280 e. The molecule has 6 heteroatoms. The van der Waals surface area contributed by atoms with Crippen LogP contribution in [0.2, 0.25) is 0 Å². The van der Waals surface area contributed by atoms with Gasteiger partial charge in [0.25, 0.3) is 6.43 Å². The van der Waals surface area contributed by atoms with Gasteiger partial charge in [0.1, 0.15) is 15.5 Å². The molecule has 0 amide bonds. The first-order chi connectivity index (χ1) is 6.06. The van der Waals surface area contributed by atoms with Crippen LogP contribution < -0.4 is 0 Å². The summed E-state index contributed by atoms with van der Waals surface area (Å²) in [6.45, 7) is 0. The van der Waals surface area contributed by atoms with Crippen LogP contribution in [-0.2, 0) is 0 Å². The molecule has 0 spiro atoms. The van der Waals surface area contributed by atoms with Gasteiger partial charge in [-0.25, -0.2) is 13.8 Å². The summed E-state index contributed by atoms with van der Waals surface area (Å²) in [5, 5.41) is 8.64. The molecule has 1 aromatic rings. The van der Waals surface area contributed by atoms with E-state index in [0.717, 1.165) is 0 Å². The molecular weight excluding hydrogens is 404 g/mol. The van der Waals surface area contributed by atoms with Crippen LogP contribution in [0.3, 0.4) is 0 Å². The van der Waals surface area contributed by atoms with E-state index in [1.807, 2.05) is 28.7 Å². The quantitative estimate of drug-likeness (QED) is 0.531. The SMILES string of the molecule is N#Cc1c(I)cc(C(F)F)nc1I. The van der Waals surface area contributed by atoms with Gasteiger partial charge < -0.3 is 0 Å². The number of nitrogens with zero attached hydrogens (tertiary/aromatic N) is 2. The van der Waals surface area contributed by atoms with Crippen LogP contribution in [0, 0.1) is 18.6 Å². The van der Waals surface area contributed by atoms with Gasteiger partial charge in [-0.1, -0.05) is 0 Å². The lowest BCUT2D eigenvalue weighted by molar-refractivity contribution is 0.145. The minimum atomic E-state index is -2.59. The maximum absolute atomic E-state index is 12.2. The molecule has 0 saturated carbocycles. The van der Waals surface area contributed by atoms with Gasteiger partial charge in [-0.15, -0.1) is 0 Å². The molecule has 1 rings (SSSR count). The van der Waals surface area contributed by atoms with E-state index < -0.39 is 6.43 Å². The van der Waals surface area contributed by atoms with Crippen LogP contribution in [0.4, 0.5) is 8.78 Å². The van der Waals surface area contributed by atoms with E-state index in [1.165, 1.54) is 6.07 Å². The van der Waals surface area contributed by atoms with Crippen molar-refractivity contribution in [3.63, 3.8) is 0 Å². The third-order valence-electron chi connectivity index (χ3n) is 1.28. The van der Waals surface area contributed by atoms with E-state index in [-0.39, 0.29) is 5.69 Å². The highest BCUT2D eigenvalue weighted by molar-refractivity contribution is 14.1. The number of alkyl halides is 2. The zero-order valence-corrected chi connectivity index (χ0v) is 10.4. The van der Waals surface area contributed by atoms with E-state index in [1.54, 1.807) is 22.6 Å². The molecule has 0 aliphatic rings. The highest BCUT2D eigenvalue weighted by Crippen LogP contribution is 2.23. The fourth-order valence-electron chi connectivity index (χ4n) is 0.713. The van der Waals surface area contributed by atoms with E-state index in [9.17, 15) is 8.78 Å². The first-order valence-electron chi connectivity index (χ1n) is 3.10. The monoisotopic (exact) mass is 406 g/mol. The first kappa shape index (κ1) is 11.0. The van der Waals surface area contributed by atoms with Crippen molar-refractivity contribution in [2.75, 3.05) is 0 Å². The first-order valence-corrected chi connectivity index (χ1v) is 5.26. The number of hydrogen-bond donors (Lipinski definition) is 0. The molecular formula is C7H2F2I2N2. The predicted octanol–water partition coefficient (Wildman–Crippen LogP) is 3.10. The predicted molar refractivity (Wildman–Crippen MR) is 59.3 cm³/mol. The van der Waals surface area contributed by atoms with Crippen molar-refractivity contribution in [3.05, 3.63) is 24.6 Å². The van der Waals surface area contributed by atoms with Gasteiger partial charge in [0.2, 0.25) is 0 Å². The van der Waals surface area contributed by atoms with Gasteiger partial charge in [0.05, 0.1) is 5.56 Å². The molecule has 1 aromatic heterocycles. The second-order valence-electron chi connectivity index (χ2n) is 2.11. The Morgan fingerprint density at radius 2 is 2.08 bits per heavy atom. The maximum atomic E-state index is 12.2. The molecule has 0 atom stereocenters. The fraction of sp³-hybridized carbons (Fsp3) is 0.143. The Kier molecular flexibility index (Phi) is 3.78. The van der Waals surface area contributed by atoms with Gasteiger partial charge in [-0.3, -0.25) is 0 Å². The summed E-state index contributed by atoms with van der Waals surface area (Å²) in [7, 11) is 0. The van der Waals surface area contributed by atoms with Crippen LogP contribution in [0.1, 0.15) is 17.7 Å². The summed E-state index contributed by atoms with van der Waals surface area (Å²) in [6, 6.07) is 3.14. The Labute approximate surface area is 101 Å². The molecule has 0 aliphatic heterocycles. The average molecular weight is 406 g/mol. The van der Waals surface area contributed by atoms with E-state index in [2.05, 4.69) is 4.98 Å². The Morgan fingerprint density at radius 3 is 2.46 bits per heavy atom. The van der Waals surface area contributed by atoms with Crippen molar-refractivity contribution in [2.24, 2.45) is 0 Å². The average Bonchev–Trinajstić information content (AvgIpc) is 2.03. The molecule has 0 radical (unpaired) electrons. The molecule has 0 fully saturated rings. The van der Waals surface area contributed by atoms with Crippen LogP contribution in [0.5, 0.6) is 0 Å². The summed E-state index contributed by atoms with van der Waals surface area (Å²) in [6.07, 6.45) is -2.59. The molecule has 1 heterocycles. The van der Waals surface area contributed by atoms with Gasteiger partial charge in [0.15, 0.2) is 0 Å². The molecule has 2 nitrogen and oxygen atoms in total. The number of rotatable bonds is 1. The van der Waals surface area contributed by atoms with Crippen molar-refractivity contribution in [1.82, 2.24) is 4.98 Å². The Bertz CT molecular complexity index is 350. The number of pyridine rings is 1. The maximum Gasteiger partial charge on any atom is 0.280 e. The molecule has 0 bridgehead atoms. The van der Waals surface area contributed by atoms with Crippen molar-refractivity contribution in [3.8, 4) is 6.07 Å². The molecule has 0 N–H and O–H groups in total. The Hall–Kier alpha value is -0.0400. The summed E-state index contributed by atoms with van der Waals surface area (Å²) in [5.74, 6) is 0. The van der Waals surface area contributed by atoms with Crippen LogP contribution in [0.15, 0.2) is 6.07 Å². The topological polar surface area (TPSA) is 36.7 Å². The van der Waals surface area contributed by atoms with Gasteiger partial charge in [-0.2, -0.15) is 5.26 Å². The molecule has 0 saturated heterocycles. The van der Waals surface area contributed by atoms with Gasteiger partial charge in [-0.05, 0) is 51.2 Å². The third kappa shape index (κ3) is 2.46. The van der Waals surface area contributed by atoms with Crippen molar-refractivity contribution in [1.29, 1.82) is 5.26 Å². The van der Waals surface area contributed by atoms with Crippen molar-refractivity contribution in [2.45, 2.75) is 6.43 Å².